The predicted octanol–water partition coefficient (Wildman–Crippen LogP) is 4.37. The van der Waals surface area contributed by atoms with Crippen LogP contribution in [0.5, 0.6) is 0 Å². The standard InChI is InChI=1S/C19H19FN2O2S/c1-11(2)17-21-18-16(19(24)22(17)9-8-12(3)23)15(10-25-18)13-4-6-14(20)7-5-13/h4-7,10-11H,8-9H2,1-3H3. The molecular weight excluding hydrogens is 339 g/mol. The Labute approximate surface area is 149 Å². The van der Waals surface area contributed by atoms with Gasteiger partial charge in [0.25, 0.3) is 5.56 Å². The number of Topliss-reactive ketones (excluding diaryl/α,β-unsaturated/α-hetero) is 1. The highest BCUT2D eigenvalue weighted by Gasteiger charge is 2.18. The second kappa shape index (κ2) is 6.88. The number of halogens is 1. The van der Waals surface area contributed by atoms with E-state index in [2.05, 4.69) is 4.98 Å². The first-order valence-corrected chi connectivity index (χ1v) is 9.03. The lowest BCUT2D eigenvalue weighted by Crippen LogP contribution is -2.26. The van der Waals surface area contributed by atoms with E-state index in [-0.39, 0.29) is 23.1 Å². The molecular formula is C19H19FN2O2S. The minimum atomic E-state index is -0.317. The summed E-state index contributed by atoms with van der Waals surface area (Å²) < 4.78 is 14.8. The molecule has 3 aromatic rings. The zero-order valence-corrected chi connectivity index (χ0v) is 15.2. The van der Waals surface area contributed by atoms with Gasteiger partial charge in [-0.1, -0.05) is 26.0 Å². The van der Waals surface area contributed by atoms with Gasteiger partial charge in [-0.2, -0.15) is 0 Å². The molecule has 1 aromatic carbocycles. The summed E-state index contributed by atoms with van der Waals surface area (Å²) >= 11 is 1.41. The fraction of sp³-hybridized carbons (Fsp3) is 0.316. The SMILES string of the molecule is CC(=O)CCn1c(C(C)C)nc2scc(-c3ccc(F)cc3)c2c1=O. The summed E-state index contributed by atoms with van der Waals surface area (Å²) in [5, 5.41) is 2.41. The first-order valence-electron chi connectivity index (χ1n) is 8.15. The number of carbonyl (C=O) groups is 1. The van der Waals surface area contributed by atoms with Crippen molar-refractivity contribution in [1.82, 2.24) is 9.55 Å². The summed E-state index contributed by atoms with van der Waals surface area (Å²) in [6, 6.07) is 6.07. The Balaban J connectivity index is 2.23. The fourth-order valence-electron chi connectivity index (χ4n) is 2.81. The van der Waals surface area contributed by atoms with Crippen LogP contribution < -0.4 is 5.56 Å². The first kappa shape index (κ1) is 17.5. The molecule has 25 heavy (non-hydrogen) atoms. The van der Waals surface area contributed by atoms with Crippen molar-refractivity contribution >= 4 is 27.3 Å². The van der Waals surface area contributed by atoms with Crippen LogP contribution in [0.15, 0.2) is 34.4 Å². The zero-order chi connectivity index (χ0) is 18.1. The average molecular weight is 358 g/mol. The van der Waals surface area contributed by atoms with Crippen molar-refractivity contribution in [3.05, 3.63) is 51.6 Å². The third-order valence-corrected chi connectivity index (χ3v) is 4.95. The molecule has 0 amide bonds. The number of hydrogen-bond acceptors (Lipinski definition) is 4. The quantitative estimate of drug-likeness (QED) is 0.681. The van der Waals surface area contributed by atoms with Crippen LogP contribution in [0.4, 0.5) is 4.39 Å². The van der Waals surface area contributed by atoms with Gasteiger partial charge in [-0.15, -0.1) is 11.3 Å². The Kier molecular flexibility index (Phi) is 4.81. The van der Waals surface area contributed by atoms with E-state index in [1.165, 1.54) is 30.4 Å². The molecule has 3 rings (SSSR count). The second-order valence-electron chi connectivity index (χ2n) is 6.37. The van der Waals surface area contributed by atoms with E-state index in [1.54, 1.807) is 16.7 Å². The van der Waals surface area contributed by atoms with E-state index in [4.69, 9.17) is 0 Å². The monoisotopic (exact) mass is 358 g/mol. The Morgan fingerprint density at radius 2 is 1.96 bits per heavy atom. The molecule has 0 aliphatic heterocycles. The molecule has 0 N–H and O–H groups in total. The molecule has 2 heterocycles. The predicted molar refractivity (Wildman–Crippen MR) is 98.7 cm³/mol. The van der Waals surface area contributed by atoms with Gasteiger partial charge < -0.3 is 0 Å². The van der Waals surface area contributed by atoms with E-state index >= 15 is 0 Å². The molecule has 0 unspecified atom stereocenters. The fourth-order valence-corrected chi connectivity index (χ4v) is 3.75. The number of ketones is 1. The van der Waals surface area contributed by atoms with Crippen LogP contribution in [0.1, 0.15) is 38.9 Å². The number of benzene rings is 1. The summed E-state index contributed by atoms with van der Waals surface area (Å²) in [4.78, 5) is 29.9. The smallest absolute Gasteiger partial charge is 0.262 e. The minimum Gasteiger partial charge on any atom is -0.300 e. The van der Waals surface area contributed by atoms with E-state index in [0.717, 1.165) is 11.1 Å². The number of aromatic nitrogens is 2. The second-order valence-corrected chi connectivity index (χ2v) is 7.23. The Morgan fingerprint density at radius 1 is 1.28 bits per heavy atom. The van der Waals surface area contributed by atoms with Crippen LogP contribution in [0.3, 0.4) is 0 Å². The number of fused-ring (bicyclic) bond motifs is 1. The first-order chi connectivity index (χ1) is 11.9. The third kappa shape index (κ3) is 3.39. The van der Waals surface area contributed by atoms with E-state index in [1.807, 2.05) is 19.2 Å². The van der Waals surface area contributed by atoms with Crippen LogP contribution in [0.2, 0.25) is 0 Å². The maximum absolute atomic E-state index is 13.2. The average Bonchev–Trinajstić information content (AvgIpc) is 2.98. The highest BCUT2D eigenvalue weighted by atomic mass is 32.1. The molecule has 0 saturated carbocycles. The van der Waals surface area contributed by atoms with Gasteiger partial charge >= 0.3 is 0 Å². The van der Waals surface area contributed by atoms with Crippen LogP contribution >= 0.6 is 11.3 Å². The van der Waals surface area contributed by atoms with E-state index in [9.17, 15) is 14.0 Å². The van der Waals surface area contributed by atoms with Crippen molar-refractivity contribution in [2.24, 2.45) is 0 Å². The van der Waals surface area contributed by atoms with Gasteiger partial charge in [0.1, 0.15) is 22.3 Å². The van der Waals surface area contributed by atoms with Crippen molar-refractivity contribution in [2.45, 2.75) is 39.7 Å². The molecule has 4 nitrogen and oxygen atoms in total. The number of rotatable bonds is 5. The van der Waals surface area contributed by atoms with Gasteiger partial charge in [-0.3, -0.25) is 14.2 Å². The number of thiophene rings is 1. The highest BCUT2D eigenvalue weighted by Crippen LogP contribution is 2.31. The Hall–Kier alpha value is -2.34. The summed E-state index contributed by atoms with van der Waals surface area (Å²) in [6.07, 6.45) is 0.294. The molecule has 2 aromatic heterocycles. The van der Waals surface area contributed by atoms with Gasteiger partial charge in [0.05, 0.1) is 5.39 Å². The lowest BCUT2D eigenvalue weighted by molar-refractivity contribution is -0.117. The minimum absolute atomic E-state index is 0.0331. The summed E-state index contributed by atoms with van der Waals surface area (Å²) in [5.74, 6) is 0.472. The molecule has 130 valence electrons. The Bertz CT molecular complexity index is 987. The summed E-state index contributed by atoms with van der Waals surface area (Å²) in [6.45, 7) is 5.79. The molecule has 6 heteroatoms. The number of nitrogens with zero attached hydrogens (tertiary/aromatic N) is 2. The van der Waals surface area contributed by atoms with Crippen LogP contribution in [-0.4, -0.2) is 15.3 Å². The molecule has 0 aliphatic carbocycles. The van der Waals surface area contributed by atoms with Crippen molar-refractivity contribution < 1.29 is 9.18 Å². The summed E-state index contributed by atoms with van der Waals surface area (Å²) in [7, 11) is 0. The van der Waals surface area contributed by atoms with Gasteiger partial charge in [-0.25, -0.2) is 9.37 Å². The molecule has 0 saturated heterocycles. The van der Waals surface area contributed by atoms with Crippen LogP contribution in [0.25, 0.3) is 21.3 Å². The van der Waals surface area contributed by atoms with Gasteiger partial charge in [0, 0.05) is 29.8 Å². The van der Waals surface area contributed by atoms with E-state index < -0.39 is 0 Å². The number of hydrogen-bond donors (Lipinski definition) is 0. The molecule has 0 aliphatic rings. The Morgan fingerprint density at radius 3 is 2.56 bits per heavy atom. The van der Waals surface area contributed by atoms with Crippen molar-refractivity contribution in [2.75, 3.05) is 0 Å². The zero-order valence-electron chi connectivity index (χ0n) is 14.4. The van der Waals surface area contributed by atoms with Gasteiger partial charge in [0.15, 0.2) is 0 Å². The largest absolute Gasteiger partial charge is 0.300 e. The molecule has 0 radical (unpaired) electrons. The van der Waals surface area contributed by atoms with Gasteiger partial charge in [-0.05, 0) is 24.6 Å². The van der Waals surface area contributed by atoms with Crippen molar-refractivity contribution in [3.63, 3.8) is 0 Å². The maximum atomic E-state index is 13.2. The molecule has 0 fully saturated rings. The van der Waals surface area contributed by atoms with Crippen molar-refractivity contribution in [1.29, 1.82) is 0 Å². The normalized spacial score (nSPS) is 11.4. The third-order valence-electron chi connectivity index (χ3n) is 4.08. The van der Waals surface area contributed by atoms with Crippen LogP contribution in [-0.2, 0) is 11.3 Å². The van der Waals surface area contributed by atoms with Gasteiger partial charge in [0.2, 0.25) is 0 Å². The van der Waals surface area contributed by atoms with E-state index in [0.29, 0.717) is 29.0 Å². The van der Waals surface area contributed by atoms with Crippen molar-refractivity contribution in [3.8, 4) is 11.1 Å². The molecule has 0 spiro atoms. The lowest BCUT2D eigenvalue weighted by atomic mass is 10.1. The number of carbonyl (C=O) groups excluding carboxylic acids is 1. The summed E-state index contributed by atoms with van der Waals surface area (Å²) in [5.41, 5.74) is 1.39. The lowest BCUT2D eigenvalue weighted by Gasteiger charge is -2.14. The van der Waals surface area contributed by atoms with Crippen LogP contribution in [0, 0.1) is 5.82 Å². The highest BCUT2D eigenvalue weighted by molar-refractivity contribution is 7.17. The molecule has 0 bridgehead atoms. The topological polar surface area (TPSA) is 52.0 Å². The molecule has 0 atom stereocenters. The maximum Gasteiger partial charge on any atom is 0.262 e.